The Morgan fingerprint density at radius 3 is 2.59 bits per heavy atom. The summed E-state index contributed by atoms with van der Waals surface area (Å²) in [6.45, 7) is 3.41. The predicted octanol–water partition coefficient (Wildman–Crippen LogP) is 3.61. The predicted molar refractivity (Wildman–Crippen MR) is 102 cm³/mol. The third-order valence-corrected chi connectivity index (χ3v) is 4.51. The van der Waals surface area contributed by atoms with Gasteiger partial charge in [-0.25, -0.2) is 9.97 Å². The van der Waals surface area contributed by atoms with Crippen molar-refractivity contribution in [2.45, 2.75) is 26.1 Å². The van der Waals surface area contributed by atoms with Gasteiger partial charge < -0.3 is 15.4 Å². The van der Waals surface area contributed by atoms with Gasteiger partial charge >= 0.3 is 6.18 Å². The summed E-state index contributed by atoms with van der Waals surface area (Å²) in [6.07, 6.45) is -4.10. The number of aryl methyl sites for hydroxylation is 1. The van der Waals surface area contributed by atoms with Crippen LogP contribution in [-0.4, -0.2) is 26.6 Å². The summed E-state index contributed by atoms with van der Waals surface area (Å²) in [6, 6.07) is 7.88. The highest BCUT2D eigenvalue weighted by Gasteiger charge is 2.30. The standard InChI is InChI=1S/C20H19F3N4O2/c1-11-12(2)26-18(27-19(11)29)14-6-7-17(24-9-14)25-10-16(28)13-4-3-5-15(8-13)20(21,22)23/h3-9,16,28H,10H2,1-2H3,(H,24,25)(H,26,27,29). The molecule has 2 aromatic heterocycles. The summed E-state index contributed by atoms with van der Waals surface area (Å²) < 4.78 is 38.4. The van der Waals surface area contributed by atoms with E-state index in [0.717, 1.165) is 12.1 Å². The van der Waals surface area contributed by atoms with Gasteiger partial charge in [0.1, 0.15) is 11.6 Å². The van der Waals surface area contributed by atoms with Crippen LogP contribution in [0.4, 0.5) is 19.0 Å². The van der Waals surface area contributed by atoms with Gasteiger partial charge in [0.25, 0.3) is 5.56 Å². The van der Waals surface area contributed by atoms with Crippen LogP contribution in [0.15, 0.2) is 47.4 Å². The number of H-pyrrole nitrogens is 1. The topological polar surface area (TPSA) is 90.9 Å². The SMILES string of the molecule is Cc1nc(-c2ccc(NCC(O)c3cccc(C(F)(F)F)c3)nc2)[nH]c(=O)c1C. The van der Waals surface area contributed by atoms with Gasteiger partial charge in [-0.3, -0.25) is 4.79 Å². The number of nitrogens with zero attached hydrogens (tertiary/aromatic N) is 2. The number of hydrogen-bond acceptors (Lipinski definition) is 5. The highest BCUT2D eigenvalue weighted by Crippen LogP contribution is 2.30. The minimum atomic E-state index is -4.47. The van der Waals surface area contributed by atoms with Crippen LogP contribution in [0.2, 0.25) is 0 Å². The molecule has 3 N–H and O–H groups in total. The molecule has 152 valence electrons. The largest absolute Gasteiger partial charge is 0.416 e. The molecule has 0 saturated heterocycles. The van der Waals surface area contributed by atoms with Crippen LogP contribution in [0.3, 0.4) is 0 Å². The number of aromatic amines is 1. The molecule has 0 fully saturated rings. The number of benzene rings is 1. The highest BCUT2D eigenvalue weighted by molar-refractivity contribution is 5.56. The average Bonchev–Trinajstić information content (AvgIpc) is 2.69. The molecule has 0 saturated carbocycles. The average molecular weight is 404 g/mol. The van der Waals surface area contributed by atoms with Crippen molar-refractivity contribution in [2.24, 2.45) is 0 Å². The van der Waals surface area contributed by atoms with Crippen LogP contribution < -0.4 is 10.9 Å². The van der Waals surface area contributed by atoms with Crippen LogP contribution in [-0.2, 0) is 6.18 Å². The summed E-state index contributed by atoms with van der Waals surface area (Å²) in [5.74, 6) is 0.812. The lowest BCUT2D eigenvalue weighted by molar-refractivity contribution is -0.137. The van der Waals surface area contributed by atoms with Gasteiger partial charge in [0.2, 0.25) is 0 Å². The molecule has 0 bridgehead atoms. The molecule has 1 aromatic carbocycles. The number of aliphatic hydroxyl groups is 1. The molecule has 0 spiro atoms. The molecule has 1 atom stereocenters. The van der Waals surface area contributed by atoms with E-state index in [1.807, 2.05) is 0 Å². The maximum Gasteiger partial charge on any atom is 0.416 e. The maximum atomic E-state index is 12.8. The molecule has 2 heterocycles. The van der Waals surface area contributed by atoms with Gasteiger partial charge in [0.15, 0.2) is 0 Å². The molecule has 0 aliphatic heterocycles. The molecule has 6 nitrogen and oxygen atoms in total. The lowest BCUT2D eigenvalue weighted by Gasteiger charge is -2.15. The number of halogens is 3. The third-order valence-electron chi connectivity index (χ3n) is 4.51. The molecule has 3 aromatic rings. The summed E-state index contributed by atoms with van der Waals surface area (Å²) in [5.41, 5.74) is 0.888. The molecule has 29 heavy (non-hydrogen) atoms. The van der Waals surface area contributed by atoms with E-state index in [2.05, 4.69) is 20.3 Å². The Morgan fingerprint density at radius 1 is 1.21 bits per heavy atom. The van der Waals surface area contributed by atoms with E-state index in [1.54, 1.807) is 26.0 Å². The summed E-state index contributed by atoms with van der Waals surface area (Å²) >= 11 is 0. The van der Waals surface area contributed by atoms with Gasteiger partial charge in [-0.1, -0.05) is 12.1 Å². The Kier molecular flexibility index (Phi) is 5.69. The van der Waals surface area contributed by atoms with Crippen LogP contribution >= 0.6 is 0 Å². The van der Waals surface area contributed by atoms with E-state index in [9.17, 15) is 23.1 Å². The van der Waals surface area contributed by atoms with Crippen LogP contribution in [0, 0.1) is 13.8 Å². The van der Waals surface area contributed by atoms with E-state index >= 15 is 0 Å². The minimum Gasteiger partial charge on any atom is -0.387 e. The molecule has 0 aliphatic carbocycles. The third kappa shape index (κ3) is 4.80. The van der Waals surface area contributed by atoms with Crippen molar-refractivity contribution < 1.29 is 18.3 Å². The van der Waals surface area contributed by atoms with Gasteiger partial charge in [-0.2, -0.15) is 13.2 Å². The monoisotopic (exact) mass is 404 g/mol. The molecular weight excluding hydrogens is 385 g/mol. The summed E-state index contributed by atoms with van der Waals surface area (Å²) in [7, 11) is 0. The second kappa shape index (κ2) is 8.04. The van der Waals surface area contributed by atoms with Crippen molar-refractivity contribution in [1.82, 2.24) is 15.0 Å². The Bertz CT molecular complexity index is 1060. The fraction of sp³-hybridized carbons (Fsp3) is 0.250. The highest BCUT2D eigenvalue weighted by atomic mass is 19.4. The number of nitrogens with one attached hydrogen (secondary N) is 2. The Labute approximate surface area is 164 Å². The van der Waals surface area contributed by atoms with E-state index < -0.39 is 17.8 Å². The quantitative estimate of drug-likeness (QED) is 0.604. The Morgan fingerprint density at radius 2 is 1.97 bits per heavy atom. The second-order valence-corrected chi connectivity index (χ2v) is 6.58. The zero-order chi connectivity index (χ0) is 21.2. The zero-order valence-corrected chi connectivity index (χ0v) is 15.7. The smallest absolute Gasteiger partial charge is 0.387 e. The number of rotatable bonds is 5. The van der Waals surface area contributed by atoms with E-state index in [1.165, 1.54) is 18.3 Å². The van der Waals surface area contributed by atoms with E-state index in [-0.39, 0.29) is 17.7 Å². The molecule has 0 amide bonds. The van der Waals surface area contributed by atoms with Gasteiger partial charge in [-0.05, 0) is 43.7 Å². The number of pyridine rings is 1. The minimum absolute atomic E-state index is 0.0214. The van der Waals surface area contributed by atoms with E-state index in [4.69, 9.17) is 0 Å². The summed E-state index contributed by atoms with van der Waals surface area (Å²) in [4.78, 5) is 23.1. The fourth-order valence-electron chi connectivity index (χ4n) is 2.66. The lowest BCUT2D eigenvalue weighted by atomic mass is 10.1. The van der Waals surface area contributed by atoms with Crippen molar-refractivity contribution in [2.75, 3.05) is 11.9 Å². The van der Waals surface area contributed by atoms with Crippen molar-refractivity contribution >= 4 is 5.82 Å². The lowest BCUT2D eigenvalue weighted by Crippen LogP contribution is -2.15. The van der Waals surface area contributed by atoms with Crippen molar-refractivity contribution in [3.05, 3.63) is 75.3 Å². The zero-order valence-electron chi connectivity index (χ0n) is 15.7. The normalized spacial score (nSPS) is 12.6. The first-order chi connectivity index (χ1) is 13.6. The molecule has 9 heteroatoms. The Hall–Kier alpha value is -3.20. The van der Waals surface area contributed by atoms with E-state index in [0.29, 0.717) is 28.5 Å². The van der Waals surface area contributed by atoms with Crippen LogP contribution in [0.5, 0.6) is 0 Å². The van der Waals surface area contributed by atoms with Crippen LogP contribution in [0.25, 0.3) is 11.4 Å². The Balaban J connectivity index is 1.68. The number of alkyl halides is 3. The second-order valence-electron chi connectivity index (χ2n) is 6.58. The molecule has 0 radical (unpaired) electrons. The van der Waals surface area contributed by atoms with Gasteiger partial charge in [-0.15, -0.1) is 0 Å². The number of anilines is 1. The van der Waals surface area contributed by atoms with Gasteiger partial charge in [0, 0.05) is 29.6 Å². The maximum absolute atomic E-state index is 12.8. The fourth-order valence-corrected chi connectivity index (χ4v) is 2.66. The van der Waals surface area contributed by atoms with Crippen molar-refractivity contribution in [3.8, 4) is 11.4 Å². The number of hydrogen-bond donors (Lipinski definition) is 3. The first-order valence-electron chi connectivity index (χ1n) is 8.78. The number of aromatic nitrogens is 3. The number of aliphatic hydroxyl groups excluding tert-OH is 1. The summed E-state index contributed by atoms with van der Waals surface area (Å²) in [5, 5.41) is 13.1. The van der Waals surface area contributed by atoms with Gasteiger partial charge in [0.05, 0.1) is 11.7 Å². The molecule has 1 unspecified atom stereocenters. The van der Waals surface area contributed by atoms with Crippen molar-refractivity contribution in [1.29, 1.82) is 0 Å². The van der Waals surface area contributed by atoms with Crippen LogP contribution in [0.1, 0.15) is 28.5 Å². The molecular formula is C20H19F3N4O2. The molecule has 0 aliphatic rings. The molecule has 3 rings (SSSR count). The first-order valence-corrected chi connectivity index (χ1v) is 8.78. The van der Waals surface area contributed by atoms with Crippen molar-refractivity contribution in [3.63, 3.8) is 0 Å². The first kappa shape index (κ1) is 20.5.